The van der Waals surface area contributed by atoms with Crippen LogP contribution in [0.3, 0.4) is 0 Å². The van der Waals surface area contributed by atoms with Gasteiger partial charge in [-0.1, -0.05) is 194 Å². The molecule has 0 rings (SSSR count). The van der Waals surface area contributed by atoms with Gasteiger partial charge in [-0.3, -0.25) is 9.59 Å². The molecule has 5 heteroatoms. The zero-order valence-corrected chi connectivity index (χ0v) is 29.7. The second-order valence-electron chi connectivity index (χ2n) is 13.4. The van der Waals surface area contributed by atoms with Crippen LogP contribution < -0.4 is 0 Å². The minimum atomic E-state index is -0.760. The van der Waals surface area contributed by atoms with Crippen molar-refractivity contribution in [3.63, 3.8) is 0 Å². The Morgan fingerprint density at radius 1 is 0.432 bits per heavy atom. The molecular formula is C39H76O5. The van der Waals surface area contributed by atoms with Crippen molar-refractivity contribution in [1.82, 2.24) is 0 Å². The highest BCUT2D eigenvalue weighted by molar-refractivity contribution is 5.70. The molecule has 0 saturated heterocycles. The van der Waals surface area contributed by atoms with Crippen LogP contribution in [0.15, 0.2) is 0 Å². The molecule has 0 saturated carbocycles. The molecule has 0 aromatic rings. The van der Waals surface area contributed by atoms with E-state index in [0.29, 0.717) is 12.8 Å². The van der Waals surface area contributed by atoms with Crippen LogP contribution in [0, 0.1) is 0 Å². The summed E-state index contributed by atoms with van der Waals surface area (Å²) in [5, 5.41) is 9.54. The second kappa shape index (κ2) is 36.4. The first-order valence-electron chi connectivity index (χ1n) is 19.6. The summed E-state index contributed by atoms with van der Waals surface area (Å²) < 4.78 is 10.6. The maximum absolute atomic E-state index is 12.1. The van der Waals surface area contributed by atoms with E-state index >= 15 is 0 Å². The summed E-state index contributed by atoms with van der Waals surface area (Å²) in [6.45, 7) is 4.16. The third-order valence-corrected chi connectivity index (χ3v) is 8.90. The van der Waals surface area contributed by atoms with E-state index in [2.05, 4.69) is 13.8 Å². The van der Waals surface area contributed by atoms with Gasteiger partial charge in [0.05, 0.1) is 6.61 Å². The molecule has 0 fully saturated rings. The fraction of sp³-hybridized carbons (Fsp3) is 0.949. The minimum absolute atomic E-state index is 0.0569. The average molecular weight is 625 g/mol. The number of carbonyl (C=O) groups is 2. The van der Waals surface area contributed by atoms with Gasteiger partial charge in [-0.05, 0) is 12.8 Å². The zero-order chi connectivity index (χ0) is 32.2. The Morgan fingerprint density at radius 2 is 0.705 bits per heavy atom. The molecule has 0 radical (unpaired) electrons. The van der Waals surface area contributed by atoms with Gasteiger partial charge in [0, 0.05) is 12.8 Å². The van der Waals surface area contributed by atoms with Gasteiger partial charge in [-0.25, -0.2) is 0 Å². The molecule has 0 aliphatic rings. The Balaban J connectivity index is 3.49. The van der Waals surface area contributed by atoms with Gasteiger partial charge in [0.2, 0.25) is 0 Å². The normalized spacial score (nSPS) is 12.0. The Hall–Kier alpha value is -1.10. The highest BCUT2D eigenvalue weighted by Crippen LogP contribution is 2.15. The standard InChI is InChI=1S/C39H76O5/c1-3-5-7-9-11-13-15-17-19-21-23-25-27-29-31-33-38(41)43-36-37(35-40)44-39(42)34-32-30-28-26-24-22-20-18-16-14-12-10-8-6-4-2/h37,40H,3-36H2,1-2H3/t37-/m0/s1. The monoisotopic (exact) mass is 625 g/mol. The van der Waals surface area contributed by atoms with E-state index in [1.54, 1.807) is 0 Å². The highest BCUT2D eigenvalue weighted by Gasteiger charge is 2.16. The van der Waals surface area contributed by atoms with E-state index in [-0.39, 0.29) is 25.2 Å². The van der Waals surface area contributed by atoms with Crippen molar-refractivity contribution in [3.05, 3.63) is 0 Å². The number of hydrogen-bond acceptors (Lipinski definition) is 5. The Kier molecular flexibility index (Phi) is 35.5. The summed E-state index contributed by atoms with van der Waals surface area (Å²) >= 11 is 0. The van der Waals surface area contributed by atoms with Crippen molar-refractivity contribution in [1.29, 1.82) is 0 Å². The van der Waals surface area contributed by atoms with E-state index in [1.165, 1.54) is 161 Å². The second-order valence-corrected chi connectivity index (χ2v) is 13.4. The van der Waals surface area contributed by atoms with Crippen molar-refractivity contribution in [2.24, 2.45) is 0 Å². The summed E-state index contributed by atoms with van der Waals surface area (Å²) in [6, 6.07) is 0. The summed E-state index contributed by atoms with van der Waals surface area (Å²) in [5.41, 5.74) is 0. The third-order valence-electron chi connectivity index (χ3n) is 8.90. The van der Waals surface area contributed by atoms with Crippen LogP contribution in [0.5, 0.6) is 0 Å². The van der Waals surface area contributed by atoms with Gasteiger partial charge < -0.3 is 14.6 Å². The van der Waals surface area contributed by atoms with Crippen LogP contribution in [-0.4, -0.2) is 36.4 Å². The smallest absolute Gasteiger partial charge is 0.306 e. The van der Waals surface area contributed by atoms with Crippen molar-refractivity contribution in [2.75, 3.05) is 13.2 Å². The van der Waals surface area contributed by atoms with E-state index < -0.39 is 6.10 Å². The summed E-state index contributed by atoms with van der Waals surface area (Å²) in [4.78, 5) is 24.2. The van der Waals surface area contributed by atoms with Crippen molar-refractivity contribution in [2.45, 2.75) is 225 Å². The Morgan fingerprint density at radius 3 is 1.00 bits per heavy atom. The van der Waals surface area contributed by atoms with Gasteiger partial charge in [0.25, 0.3) is 0 Å². The van der Waals surface area contributed by atoms with Gasteiger partial charge in [-0.2, -0.15) is 0 Å². The number of carbonyl (C=O) groups excluding carboxylic acids is 2. The largest absolute Gasteiger partial charge is 0.462 e. The molecule has 0 amide bonds. The van der Waals surface area contributed by atoms with Gasteiger partial charge in [0.1, 0.15) is 6.61 Å². The molecule has 0 heterocycles. The topological polar surface area (TPSA) is 72.8 Å². The molecule has 0 bridgehead atoms. The number of aliphatic hydroxyl groups is 1. The molecule has 0 aliphatic carbocycles. The third kappa shape index (κ3) is 33.8. The molecule has 44 heavy (non-hydrogen) atoms. The molecule has 0 aliphatic heterocycles. The number of rotatable bonds is 36. The predicted molar refractivity (Wildman–Crippen MR) is 187 cm³/mol. The molecular weight excluding hydrogens is 548 g/mol. The summed E-state index contributed by atoms with van der Waals surface area (Å²) in [7, 11) is 0. The minimum Gasteiger partial charge on any atom is -0.462 e. The van der Waals surface area contributed by atoms with Crippen molar-refractivity contribution >= 4 is 11.9 Å². The lowest BCUT2D eigenvalue weighted by atomic mass is 10.0. The lowest BCUT2D eigenvalue weighted by Gasteiger charge is -2.15. The summed E-state index contributed by atoms with van der Waals surface area (Å²) in [5.74, 6) is -0.575. The fourth-order valence-corrected chi connectivity index (χ4v) is 5.91. The summed E-state index contributed by atoms with van der Waals surface area (Å²) in [6.07, 6.45) is 38.7. The van der Waals surface area contributed by atoms with Crippen LogP contribution in [-0.2, 0) is 19.1 Å². The maximum Gasteiger partial charge on any atom is 0.306 e. The Labute approximate surface area is 274 Å². The molecule has 0 aromatic carbocycles. The number of esters is 2. The predicted octanol–water partition coefficient (Wildman–Crippen LogP) is 12.0. The van der Waals surface area contributed by atoms with E-state index in [9.17, 15) is 14.7 Å². The zero-order valence-electron chi connectivity index (χ0n) is 29.7. The SMILES string of the molecule is CCCCCCCCCCCCCCCCCC(=O)OC[C@H](CO)OC(=O)CCCCCCCCCCCCCCCCC. The molecule has 1 atom stereocenters. The molecule has 262 valence electrons. The van der Waals surface area contributed by atoms with Crippen LogP contribution in [0.25, 0.3) is 0 Å². The maximum atomic E-state index is 12.1. The molecule has 1 N–H and O–H groups in total. The van der Waals surface area contributed by atoms with E-state index in [4.69, 9.17) is 9.47 Å². The first-order valence-corrected chi connectivity index (χ1v) is 19.6. The number of hydrogen-bond donors (Lipinski definition) is 1. The van der Waals surface area contributed by atoms with Crippen LogP contribution in [0.4, 0.5) is 0 Å². The van der Waals surface area contributed by atoms with Crippen molar-refractivity contribution < 1.29 is 24.2 Å². The van der Waals surface area contributed by atoms with E-state index in [0.717, 1.165) is 32.1 Å². The lowest BCUT2D eigenvalue weighted by molar-refractivity contribution is -0.161. The van der Waals surface area contributed by atoms with Crippen molar-refractivity contribution in [3.8, 4) is 0 Å². The number of aliphatic hydroxyl groups excluding tert-OH is 1. The molecule has 0 aromatic heterocycles. The number of unbranched alkanes of at least 4 members (excludes halogenated alkanes) is 28. The van der Waals surface area contributed by atoms with Gasteiger partial charge in [0.15, 0.2) is 6.10 Å². The average Bonchev–Trinajstić information content (AvgIpc) is 3.02. The van der Waals surface area contributed by atoms with Crippen LogP contribution >= 0.6 is 0 Å². The van der Waals surface area contributed by atoms with Crippen LogP contribution in [0.1, 0.15) is 219 Å². The van der Waals surface area contributed by atoms with Gasteiger partial charge in [-0.15, -0.1) is 0 Å². The fourth-order valence-electron chi connectivity index (χ4n) is 5.91. The van der Waals surface area contributed by atoms with E-state index in [1.807, 2.05) is 0 Å². The molecule has 5 nitrogen and oxygen atoms in total. The quantitative estimate of drug-likeness (QED) is 0.0554. The highest BCUT2D eigenvalue weighted by atomic mass is 16.6. The first kappa shape index (κ1) is 42.9. The molecule has 0 spiro atoms. The lowest BCUT2D eigenvalue weighted by Crippen LogP contribution is -2.28. The molecule has 0 unspecified atom stereocenters. The Bertz CT molecular complexity index is 593. The first-order chi connectivity index (χ1) is 21.6. The van der Waals surface area contributed by atoms with Gasteiger partial charge >= 0.3 is 11.9 Å². The van der Waals surface area contributed by atoms with Crippen LogP contribution in [0.2, 0.25) is 0 Å². The number of ether oxygens (including phenoxy) is 2.